The average Bonchev–Trinajstić information content (AvgIpc) is 3.36. The number of hydrogen-bond donors (Lipinski definition) is 1. The van der Waals surface area contributed by atoms with Crippen molar-refractivity contribution >= 4 is 11.8 Å². The van der Waals surface area contributed by atoms with Crippen molar-refractivity contribution in [1.29, 1.82) is 0 Å². The quantitative estimate of drug-likeness (QED) is 0.656. The first-order chi connectivity index (χ1) is 16.1. The zero-order chi connectivity index (χ0) is 22.8. The Labute approximate surface area is 194 Å². The van der Waals surface area contributed by atoms with Crippen LogP contribution in [0, 0.1) is 0 Å². The minimum Gasteiger partial charge on any atom is -0.459 e. The van der Waals surface area contributed by atoms with Crippen molar-refractivity contribution in [2.24, 2.45) is 0 Å². The highest BCUT2D eigenvalue weighted by Crippen LogP contribution is 2.43. The molecule has 2 atom stereocenters. The highest BCUT2D eigenvalue weighted by atomic mass is 16.6. The van der Waals surface area contributed by atoms with E-state index in [1.165, 1.54) is 0 Å². The third kappa shape index (κ3) is 4.38. The number of esters is 1. The fourth-order valence-corrected chi connectivity index (χ4v) is 5.11. The number of dihydropyridines is 1. The predicted octanol–water partition coefficient (Wildman–Crippen LogP) is 5.04. The van der Waals surface area contributed by atoms with Gasteiger partial charge in [-0.15, -0.1) is 0 Å². The third-order valence-corrected chi connectivity index (χ3v) is 6.77. The smallest absolute Gasteiger partial charge is 0.336 e. The maximum Gasteiger partial charge on any atom is 0.336 e. The molecule has 0 spiro atoms. The normalized spacial score (nSPS) is 22.8. The molecule has 2 aliphatic heterocycles. The van der Waals surface area contributed by atoms with Crippen molar-refractivity contribution in [2.45, 2.75) is 51.0 Å². The fraction of sp³-hybridized carbons (Fsp3) is 0.357. The lowest BCUT2D eigenvalue weighted by molar-refractivity contribution is -0.142. The van der Waals surface area contributed by atoms with Crippen molar-refractivity contribution in [3.05, 3.63) is 82.7 Å². The van der Waals surface area contributed by atoms with Crippen molar-refractivity contribution < 1.29 is 19.1 Å². The number of ketones is 1. The van der Waals surface area contributed by atoms with Gasteiger partial charge in [-0.3, -0.25) is 4.79 Å². The van der Waals surface area contributed by atoms with Crippen LogP contribution < -0.4 is 5.32 Å². The first-order valence-electron chi connectivity index (χ1n) is 11.8. The van der Waals surface area contributed by atoms with Gasteiger partial charge in [-0.2, -0.15) is 0 Å². The van der Waals surface area contributed by atoms with E-state index in [1.54, 1.807) is 0 Å². The highest BCUT2D eigenvalue weighted by Gasteiger charge is 2.39. The van der Waals surface area contributed by atoms with Gasteiger partial charge in [0.2, 0.25) is 0 Å². The molecule has 0 radical (unpaired) electrons. The largest absolute Gasteiger partial charge is 0.459 e. The molecule has 0 aromatic heterocycles. The van der Waals surface area contributed by atoms with Crippen molar-refractivity contribution in [1.82, 2.24) is 5.32 Å². The SMILES string of the molecule is CC1=C(C(=O)OC[C@H]2CCCO2)[C@@H](c2ccc(-c3ccccc3)cc2)C2=C(CCCC2=O)N1. The number of ether oxygens (including phenoxy) is 2. The minimum atomic E-state index is -0.420. The lowest BCUT2D eigenvalue weighted by Crippen LogP contribution is -2.35. The third-order valence-electron chi connectivity index (χ3n) is 6.77. The Morgan fingerprint density at radius 1 is 1.03 bits per heavy atom. The van der Waals surface area contributed by atoms with E-state index < -0.39 is 5.92 Å². The van der Waals surface area contributed by atoms with Crippen LogP contribution in [0.2, 0.25) is 0 Å². The zero-order valence-electron chi connectivity index (χ0n) is 18.9. The summed E-state index contributed by atoms with van der Waals surface area (Å²) in [5, 5.41) is 3.35. The number of hydrogen-bond acceptors (Lipinski definition) is 5. The van der Waals surface area contributed by atoms with E-state index in [2.05, 4.69) is 29.6 Å². The molecular weight excluding hydrogens is 414 g/mol. The standard InChI is InChI=1S/C28H29NO4/c1-18-25(28(31)33-17-22-9-6-16-32-22)26(27-23(29-18)10-5-11-24(27)30)21-14-12-20(13-15-21)19-7-3-2-4-8-19/h2-4,7-8,12-15,22,26,29H,5-6,9-11,16-17H2,1H3/t22-,26-/m1/s1. The number of rotatable bonds is 5. The number of carbonyl (C=O) groups is 2. The number of carbonyl (C=O) groups excluding carboxylic acids is 2. The van der Waals surface area contributed by atoms with Crippen molar-refractivity contribution in [3.8, 4) is 11.1 Å². The van der Waals surface area contributed by atoms with Gasteiger partial charge >= 0.3 is 5.97 Å². The first-order valence-corrected chi connectivity index (χ1v) is 11.8. The van der Waals surface area contributed by atoms with Crippen LogP contribution in [0.5, 0.6) is 0 Å². The van der Waals surface area contributed by atoms with Gasteiger partial charge in [0.1, 0.15) is 6.61 Å². The molecule has 0 bridgehead atoms. The number of Topliss-reactive ketones (excluding diaryl/α,β-unsaturated/α-hetero) is 1. The summed E-state index contributed by atoms with van der Waals surface area (Å²) in [5.74, 6) is -0.689. The average molecular weight is 444 g/mol. The molecule has 2 aromatic carbocycles. The molecule has 2 aromatic rings. The molecule has 1 N–H and O–H groups in total. The maximum absolute atomic E-state index is 13.3. The van der Waals surface area contributed by atoms with Crippen LogP contribution in [0.25, 0.3) is 11.1 Å². The Hall–Kier alpha value is -3.18. The van der Waals surface area contributed by atoms with Gasteiger partial charge in [-0.25, -0.2) is 4.79 Å². The lowest BCUT2D eigenvalue weighted by atomic mass is 9.75. The van der Waals surface area contributed by atoms with E-state index in [-0.39, 0.29) is 24.5 Å². The predicted molar refractivity (Wildman–Crippen MR) is 126 cm³/mol. The van der Waals surface area contributed by atoms with E-state index >= 15 is 0 Å². The van der Waals surface area contributed by atoms with Crippen LogP contribution in [0.3, 0.4) is 0 Å². The number of benzene rings is 2. The van der Waals surface area contributed by atoms with Crippen LogP contribution >= 0.6 is 0 Å². The monoisotopic (exact) mass is 443 g/mol. The summed E-state index contributed by atoms with van der Waals surface area (Å²) in [4.78, 5) is 26.4. The zero-order valence-corrected chi connectivity index (χ0v) is 18.9. The van der Waals surface area contributed by atoms with Gasteiger partial charge in [0.25, 0.3) is 0 Å². The van der Waals surface area contributed by atoms with E-state index in [4.69, 9.17) is 9.47 Å². The molecule has 3 aliphatic rings. The van der Waals surface area contributed by atoms with E-state index in [0.717, 1.165) is 53.8 Å². The molecular formula is C28H29NO4. The molecule has 5 heteroatoms. The molecule has 2 heterocycles. The second-order valence-corrected chi connectivity index (χ2v) is 8.99. The van der Waals surface area contributed by atoms with E-state index in [1.807, 2.05) is 37.3 Å². The van der Waals surface area contributed by atoms with Crippen LogP contribution in [0.15, 0.2) is 77.1 Å². The number of nitrogens with one attached hydrogen (secondary N) is 1. The summed E-state index contributed by atoms with van der Waals surface area (Å²) in [5.41, 5.74) is 6.10. The van der Waals surface area contributed by atoms with Gasteiger partial charge < -0.3 is 14.8 Å². The van der Waals surface area contributed by atoms with E-state index in [0.29, 0.717) is 24.2 Å². The Morgan fingerprint density at radius 3 is 2.52 bits per heavy atom. The molecule has 5 nitrogen and oxygen atoms in total. The molecule has 33 heavy (non-hydrogen) atoms. The molecule has 1 aliphatic carbocycles. The minimum absolute atomic E-state index is 0.0406. The first kappa shape index (κ1) is 21.7. The maximum atomic E-state index is 13.3. The molecule has 170 valence electrons. The Kier molecular flexibility index (Phi) is 6.14. The van der Waals surface area contributed by atoms with Crippen molar-refractivity contribution in [3.63, 3.8) is 0 Å². The van der Waals surface area contributed by atoms with Gasteiger partial charge in [0.15, 0.2) is 5.78 Å². The van der Waals surface area contributed by atoms with Gasteiger partial charge in [0, 0.05) is 35.9 Å². The Balaban J connectivity index is 1.49. The Bertz CT molecular complexity index is 1110. The topological polar surface area (TPSA) is 64.6 Å². The summed E-state index contributed by atoms with van der Waals surface area (Å²) >= 11 is 0. The second kappa shape index (κ2) is 9.36. The summed E-state index contributed by atoms with van der Waals surface area (Å²) in [6.07, 6.45) is 4.01. The van der Waals surface area contributed by atoms with Crippen molar-refractivity contribution in [2.75, 3.05) is 13.2 Å². The fourth-order valence-electron chi connectivity index (χ4n) is 5.11. The highest BCUT2D eigenvalue weighted by molar-refractivity contribution is 6.03. The summed E-state index contributed by atoms with van der Waals surface area (Å²) in [6.45, 7) is 2.86. The summed E-state index contributed by atoms with van der Waals surface area (Å²) < 4.78 is 11.3. The Morgan fingerprint density at radius 2 is 1.79 bits per heavy atom. The molecule has 5 rings (SSSR count). The van der Waals surface area contributed by atoms with Gasteiger partial charge in [-0.05, 0) is 49.3 Å². The van der Waals surface area contributed by atoms with Gasteiger partial charge in [0.05, 0.1) is 11.7 Å². The van der Waals surface area contributed by atoms with Crippen LogP contribution in [-0.2, 0) is 19.1 Å². The summed E-state index contributed by atoms with van der Waals surface area (Å²) in [6, 6.07) is 18.4. The second-order valence-electron chi connectivity index (χ2n) is 8.99. The van der Waals surface area contributed by atoms with Gasteiger partial charge in [-0.1, -0.05) is 54.6 Å². The summed E-state index contributed by atoms with van der Waals surface area (Å²) in [7, 11) is 0. The molecule has 0 unspecified atom stereocenters. The van der Waals surface area contributed by atoms with Crippen LogP contribution in [0.4, 0.5) is 0 Å². The van der Waals surface area contributed by atoms with E-state index in [9.17, 15) is 9.59 Å². The van der Waals surface area contributed by atoms with Crippen LogP contribution in [0.1, 0.15) is 50.5 Å². The lowest BCUT2D eigenvalue weighted by Gasteiger charge is -2.34. The molecule has 1 saturated heterocycles. The number of allylic oxidation sites excluding steroid dienone is 3. The van der Waals surface area contributed by atoms with Crippen LogP contribution in [-0.4, -0.2) is 31.1 Å². The molecule has 0 amide bonds. The molecule has 1 fully saturated rings. The molecule has 0 saturated carbocycles.